The number of hydrogen-bond acceptors (Lipinski definition) is 2. The quantitative estimate of drug-likeness (QED) is 0.364. The summed E-state index contributed by atoms with van der Waals surface area (Å²) in [4.78, 5) is 2.14. The normalized spacial score (nSPS) is 13.2. The Kier molecular flexibility index (Phi) is 9.34. The second kappa shape index (κ2) is 11.4. The minimum atomic E-state index is 0.827. The fourth-order valence-corrected chi connectivity index (χ4v) is 2.61. The van der Waals surface area contributed by atoms with Gasteiger partial charge in [-0.25, -0.2) is 0 Å². The zero-order valence-corrected chi connectivity index (χ0v) is 14.7. The summed E-state index contributed by atoms with van der Waals surface area (Å²) in [7, 11) is 0. The molecule has 0 N–H and O–H groups in total. The van der Waals surface area contributed by atoms with Crippen molar-refractivity contribution in [3.05, 3.63) is 102 Å². The van der Waals surface area contributed by atoms with Crippen molar-refractivity contribution in [3.8, 4) is 5.75 Å². The monoisotopic (exact) mass is 324 g/mol. The zero-order valence-electron chi connectivity index (χ0n) is 13.9. The smallest absolute Gasteiger partial charge is 0.126 e. The highest BCUT2D eigenvalue weighted by Gasteiger charge is 2.05. The molecule has 0 fully saturated rings. The molecule has 23 heavy (non-hydrogen) atoms. The molecule has 0 aliphatic carbocycles. The minimum Gasteiger partial charge on any atom is -0.461 e. The molecule has 0 amide bonds. The first-order chi connectivity index (χ1) is 11.2. The molecule has 0 heterocycles. The van der Waals surface area contributed by atoms with E-state index in [4.69, 9.17) is 4.74 Å². The molecule has 0 atom stereocenters. The molecule has 0 spiro atoms. The van der Waals surface area contributed by atoms with Crippen LogP contribution in [0.15, 0.2) is 102 Å². The number of rotatable bonds is 9. The van der Waals surface area contributed by atoms with Crippen LogP contribution in [0.1, 0.15) is 20.3 Å². The Morgan fingerprint density at radius 2 is 1.87 bits per heavy atom. The van der Waals surface area contributed by atoms with Gasteiger partial charge in [-0.1, -0.05) is 80.4 Å². The van der Waals surface area contributed by atoms with E-state index < -0.39 is 0 Å². The van der Waals surface area contributed by atoms with Crippen LogP contribution >= 0.6 is 11.8 Å². The van der Waals surface area contributed by atoms with Crippen LogP contribution in [-0.4, -0.2) is 0 Å². The van der Waals surface area contributed by atoms with E-state index in [1.54, 1.807) is 23.9 Å². The van der Waals surface area contributed by atoms with Crippen molar-refractivity contribution in [3.63, 3.8) is 0 Å². The maximum absolute atomic E-state index is 5.95. The second-order valence-corrected chi connectivity index (χ2v) is 5.76. The Bertz CT molecular complexity index is 619. The number of thioether (sulfide) groups is 1. The van der Waals surface area contributed by atoms with Gasteiger partial charge in [0.1, 0.15) is 11.5 Å². The first-order valence-corrected chi connectivity index (χ1v) is 8.42. The lowest BCUT2D eigenvalue weighted by Crippen LogP contribution is -1.94. The average Bonchev–Trinajstić information content (AvgIpc) is 2.57. The summed E-state index contributed by atoms with van der Waals surface area (Å²) in [6.07, 6.45) is 14.7. The summed E-state index contributed by atoms with van der Waals surface area (Å²) < 4.78 is 5.95. The Balaban J connectivity index is 3.06. The summed E-state index contributed by atoms with van der Waals surface area (Å²) >= 11 is 1.64. The van der Waals surface area contributed by atoms with Gasteiger partial charge in [0.15, 0.2) is 0 Å². The molecular formula is C21H24OS. The number of benzene rings is 1. The topological polar surface area (TPSA) is 9.23 Å². The van der Waals surface area contributed by atoms with Crippen LogP contribution in [0.2, 0.25) is 0 Å². The Morgan fingerprint density at radius 3 is 2.48 bits per heavy atom. The van der Waals surface area contributed by atoms with Gasteiger partial charge >= 0.3 is 0 Å². The Morgan fingerprint density at radius 1 is 1.13 bits per heavy atom. The number of allylic oxidation sites excluding steroid dienone is 8. The van der Waals surface area contributed by atoms with Crippen molar-refractivity contribution in [1.29, 1.82) is 0 Å². The molecule has 0 saturated carbocycles. The maximum Gasteiger partial charge on any atom is 0.126 e. The molecule has 1 rings (SSSR count). The number of hydrogen-bond donors (Lipinski definition) is 0. The summed E-state index contributed by atoms with van der Waals surface area (Å²) in [5.41, 5.74) is 0. The van der Waals surface area contributed by atoms with Crippen molar-refractivity contribution in [2.24, 2.45) is 0 Å². The van der Waals surface area contributed by atoms with Gasteiger partial charge in [0.2, 0.25) is 0 Å². The molecule has 0 unspecified atom stereocenters. The lowest BCUT2D eigenvalue weighted by molar-refractivity contribution is 0.426. The standard InChI is InChI=1S/C21H24OS/c1-5-8-16-20(13-7-3)23-21(17-9-6-2)18(4)22-19-14-11-10-12-15-19/h6-17H,2-3,5H2,1,4H3/b16-8-,17-9-,20-13+,21-18-. The lowest BCUT2D eigenvalue weighted by Gasteiger charge is -2.11. The second-order valence-electron chi connectivity index (χ2n) is 4.65. The predicted molar refractivity (Wildman–Crippen MR) is 104 cm³/mol. The summed E-state index contributed by atoms with van der Waals surface area (Å²) in [6.45, 7) is 11.6. The van der Waals surface area contributed by atoms with Crippen molar-refractivity contribution in [1.82, 2.24) is 0 Å². The van der Waals surface area contributed by atoms with Crippen LogP contribution in [0.3, 0.4) is 0 Å². The van der Waals surface area contributed by atoms with E-state index >= 15 is 0 Å². The van der Waals surface area contributed by atoms with E-state index in [-0.39, 0.29) is 0 Å². The van der Waals surface area contributed by atoms with Gasteiger partial charge in [0.05, 0.1) is 4.91 Å². The molecule has 0 aromatic heterocycles. The van der Waals surface area contributed by atoms with E-state index in [1.165, 1.54) is 0 Å². The molecule has 1 aromatic carbocycles. The zero-order chi connectivity index (χ0) is 16.9. The molecule has 0 radical (unpaired) electrons. The highest BCUT2D eigenvalue weighted by molar-refractivity contribution is 8.07. The lowest BCUT2D eigenvalue weighted by atomic mass is 10.3. The fraction of sp³-hybridized carbons (Fsp3) is 0.143. The van der Waals surface area contributed by atoms with Gasteiger partial charge in [0, 0.05) is 4.91 Å². The van der Waals surface area contributed by atoms with Crippen molar-refractivity contribution >= 4 is 11.8 Å². The van der Waals surface area contributed by atoms with Gasteiger partial charge in [0.25, 0.3) is 0 Å². The highest BCUT2D eigenvalue weighted by atomic mass is 32.2. The van der Waals surface area contributed by atoms with Gasteiger partial charge in [-0.15, -0.1) is 0 Å². The van der Waals surface area contributed by atoms with Crippen LogP contribution in [0.25, 0.3) is 0 Å². The molecule has 120 valence electrons. The molecule has 0 saturated heterocycles. The van der Waals surface area contributed by atoms with Gasteiger partial charge in [-0.2, -0.15) is 0 Å². The first-order valence-electron chi connectivity index (χ1n) is 7.61. The van der Waals surface area contributed by atoms with Crippen LogP contribution in [0, 0.1) is 0 Å². The van der Waals surface area contributed by atoms with Gasteiger partial charge < -0.3 is 4.74 Å². The Hall–Kier alpha value is -2.19. The Labute approximate surface area is 144 Å². The number of ether oxygens (including phenoxy) is 1. The third kappa shape index (κ3) is 7.57. The average molecular weight is 324 g/mol. The maximum atomic E-state index is 5.95. The first kappa shape index (κ1) is 18.9. The summed E-state index contributed by atoms with van der Waals surface area (Å²) in [5, 5.41) is 0. The van der Waals surface area contributed by atoms with E-state index in [0.717, 1.165) is 27.7 Å². The van der Waals surface area contributed by atoms with E-state index in [0.29, 0.717) is 0 Å². The van der Waals surface area contributed by atoms with Crippen LogP contribution < -0.4 is 4.74 Å². The van der Waals surface area contributed by atoms with Crippen LogP contribution in [-0.2, 0) is 0 Å². The SMILES string of the molecule is C=C/C=C\C(SC(/C=C\CC)=C/C=C)=C(/C)Oc1ccccc1. The van der Waals surface area contributed by atoms with E-state index in [9.17, 15) is 0 Å². The van der Waals surface area contributed by atoms with E-state index in [1.807, 2.05) is 55.5 Å². The molecule has 2 heteroatoms. The third-order valence-electron chi connectivity index (χ3n) is 2.77. The molecule has 0 aliphatic heterocycles. The molecule has 0 bridgehead atoms. The summed E-state index contributed by atoms with van der Waals surface area (Å²) in [6, 6.07) is 9.78. The van der Waals surface area contributed by atoms with Crippen LogP contribution in [0.4, 0.5) is 0 Å². The fourth-order valence-electron chi connectivity index (χ4n) is 1.70. The minimum absolute atomic E-state index is 0.827. The van der Waals surface area contributed by atoms with Crippen LogP contribution in [0.5, 0.6) is 5.75 Å². The highest BCUT2D eigenvalue weighted by Crippen LogP contribution is 2.31. The molecule has 1 nitrogen and oxygen atoms in total. The van der Waals surface area contributed by atoms with Gasteiger partial charge in [-0.05, 0) is 37.6 Å². The van der Waals surface area contributed by atoms with Crippen molar-refractivity contribution in [2.45, 2.75) is 20.3 Å². The predicted octanol–water partition coefficient (Wildman–Crippen LogP) is 6.81. The largest absolute Gasteiger partial charge is 0.461 e. The summed E-state index contributed by atoms with van der Waals surface area (Å²) in [5.74, 6) is 1.67. The molecule has 0 aliphatic rings. The van der Waals surface area contributed by atoms with Crippen molar-refractivity contribution < 1.29 is 4.74 Å². The van der Waals surface area contributed by atoms with E-state index in [2.05, 4.69) is 32.2 Å². The van der Waals surface area contributed by atoms with Gasteiger partial charge in [-0.3, -0.25) is 0 Å². The third-order valence-corrected chi connectivity index (χ3v) is 3.92. The van der Waals surface area contributed by atoms with Crippen molar-refractivity contribution in [2.75, 3.05) is 0 Å². The molecule has 1 aromatic rings. The number of para-hydroxylation sites is 1. The molecular weight excluding hydrogens is 300 g/mol.